The summed E-state index contributed by atoms with van der Waals surface area (Å²) in [6.07, 6.45) is 4.94. The molecule has 4 aliphatic rings. The maximum absolute atomic E-state index is 13.3. The second kappa shape index (κ2) is 34.1. The lowest BCUT2D eigenvalue weighted by Gasteiger charge is -2.39. The SMILES string of the molecule is Cc1cc(S(=O)(=O)CCCOCCOCCNC(=O)NCCCCCC(=O)CCCOCCOCCNS(=O)(=O)c2ccc(O[C@H]3c4cc(Cl)cc(Cl)c4C[C@@H]3N3CCN(C)CC3)c(C)c2)ccc1O[C@H]1c2cc(Cl)cc(Cl)c2C[C@@H]1N1CCN(C)CC1. The van der Waals surface area contributed by atoms with Crippen LogP contribution in [-0.4, -0.2) is 205 Å². The Kier molecular flexibility index (Phi) is 27.2. The number of urea groups is 1. The van der Waals surface area contributed by atoms with Crippen molar-refractivity contribution in [2.24, 2.45) is 0 Å². The first-order valence-electron chi connectivity index (χ1n) is 30.7. The number of aryl methyl sites for hydroxylation is 2. The van der Waals surface area contributed by atoms with Gasteiger partial charge in [-0.3, -0.25) is 14.6 Å². The van der Waals surface area contributed by atoms with E-state index in [-0.39, 0.29) is 84.6 Å². The highest BCUT2D eigenvalue weighted by Crippen LogP contribution is 2.45. The molecule has 88 heavy (non-hydrogen) atoms. The van der Waals surface area contributed by atoms with E-state index < -0.39 is 19.9 Å². The quantitative estimate of drug-likeness (QED) is 0.0368. The molecule has 4 aromatic rings. The number of carbonyl (C=O) groups excluding carboxylic acids is 2. The lowest BCUT2D eigenvalue weighted by Crippen LogP contribution is -2.51. The van der Waals surface area contributed by atoms with E-state index in [2.05, 4.69) is 49.1 Å². The van der Waals surface area contributed by atoms with Crippen LogP contribution < -0.4 is 24.8 Å². The number of ketones is 1. The summed E-state index contributed by atoms with van der Waals surface area (Å²) in [4.78, 5) is 34.5. The summed E-state index contributed by atoms with van der Waals surface area (Å²) < 4.78 is 91.5. The molecule has 2 saturated heterocycles. The number of Topliss-reactive ketones (excluding diaryl/α,β-unsaturated/α-hetero) is 1. The second-order valence-electron chi connectivity index (χ2n) is 23.2. The summed E-state index contributed by atoms with van der Waals surface area (Å²) in [6, 6.07) is 17.1. The maximum Gasteiger partial charge on any atom is 0.314 e. The van der Waals surface area contributed by atoms with Gasteiger partial charge in [-0.2, -0.15) is 0 Å². The van der Waals surface area contributed by atoms with Crippen molar-refractivity contribution in [3.63, 3.8) is 0 Å². The minimum absolute atomic E-state index is 0.0638. The Labute approximate surface area is 540 Å². The Morgan fingerprint density at radius 1 is 0.523 bits per heavy atom. The van der Waals surface area contributed by atoms with Crippen LogP contribution in [0.3, 0.4) is 0 Å². The molecule has 4 aromatic carbocycles. The zero-order valence-corrected chi connectivity index (χ0v) is 55.8. The number of hydrogen-bond donors (Lipinski definition) is 3. The van der Waals surface area contributed by atoms with Crippen LogP contribution in [-0.2, 0) is 56.4 Å². The Hall–Kier alpha value is -3.88. The average molecular weight is 1340 g/mol. The third-order valence-electron chi connectivity index (χ3n) is 16.7. The highest BCUT2D eigenvalue weighted by Gasteiger charge is 2.42. The van der Waals surface area contributed by atoms with Crippen LogP contribution in [0.25, 0.3) is 0 Å². The monoisotopic (exact) mass is 1340 g/mol. The number of rotatable bonds is 35. The summed E-state index contributed by atoms with van der Waals surface area (Å²) >= 11 is 26.3. The average Bonchev–Trinajstić information content (AvgIpc) is 2.01. The predicted octanol–water partition coefficient (Wildman–Crippen LogP) is 8.92. The smallest absolute Gasteiger partial charge is 0.314 e. The Morgan fingerprint density at radius 3 is 1.52 bits per heavy atom. The molecule has 25 heteroatoms. The highest BCUT2D eigenvalue weighted by molar-refractivity contribution is 7.91. The molecule has 3 N–H and O–H groups in total. The molecule has 0 unspecified atom stereocenters. The van der Waals surface area contributed by atoms with Gasteiger partial charge in [0.15, 0.2) is 9.84 Å². The minimum atomic E-state index is -3.81. The number of piperazine rings is 2. The van der Waals surface area contributed by atoms with E-state index in [0.717, 1.165) is 112 Å². The Bertz CT molecular complexity index is 2980. The van der Waals surface area contributed by atoms with Gasteiger partial charge in [-0.15, -0.1) is 0 Å². The van der Waals surface area contributed by atoms with E-state index in [1.807, 2.05) is 26.0 Å². The van der Waals surface area contributed by atoms with Gasteiger partial charge in [0, 0.05) is 129 Å². The molecule has 0 bridgehead atoms. The molecule has 2 heterocycles. The summed E-state index contributed by atoms with van der Waals surface area (Å²) in [7, 11) is -3.13. The predicted molar refractivity (Wildman–Crippen MR) is 344 cm³/mol. The third kappa shape index (κ3) is 20.3. The normalized spacial score (nSPS) is 19.4. The van der Waals surface area contributed by atoms with Gasteiger partial charge in [-0.25, -0.2) is 26.4 Å². The van der Waals surface area contributed by atoms with Gasteiger partial charge < -0.3 is 48.9 Å². The van der Waals surface area contributed by atoms with Gasteiger partial charge >= 0.3 is 6.03 Å². The van der Waals surface area contributed by atoms with Gasteiger partial charge in [-0.05, 0) is 149 Å². The molecule has 4 atom stereocenters. The van der Waals surface area contributed by atoms with Crippen molar-refractivity contribution in [2.75, 3.05) is 145 Å². The fourth-order valence-electron chi connectivity index (χ4n) is 11.7. The molecule has 19 nitrogen and oxygen atoms in total. The van der Waals surface area contributed by atoms with Crippen LogP contribution in [0.2, 0.25) is 20.1 Å². The van der Waals surface area contributed by atoms with Crippen molar-refractivity contribution >= 4 is 78.1 Å². The number of halogens is 4. The Balaban J connectivity index is 0.590. The van der Waals surface area contributed by atoms with E-state index in [1.165, 1.54) is 0 Å². The van der Waals surface area contributed by atoms with E-state index in [9.17, 15) is 26.4 Å². The number of fused-ring (bicyclic) bond motifs is 2. The standard InChI is InChI=1S/C63H87Cl4N7O12S2/c1-44-36-49(12-14-59(44)85-61-53-38-46(64)40-55(66)51(53)42-57(61)73-23-19-71(3)20-24-73)87(77,78)35-9-28-82-32-33-83-29-17-69-63(76)68-16-7-5-6-10-48(75)11-8-27-81-31-34-84-30-18-70-88(79,80)50-13-15-60(45(2)37-50)86-62-54-39-47(65)41-56(67)52(54)43-58(62)74-25-21-72(4)22-26-74/h12-15,36-41,57-58,61-62,70H,5-11,16-35,42-43H2,1-4H3,(H2,68,69,76)/t57-,58-,61-,62-/m0/s1. The lowest BCUT2D eigenvalue weighted by atomic mass is 10.1. The van der Waals surface area contributed by atoms with Crippen LogP contribution in [0, 0.1) is 13.8 Å². The van der Waals surface area contributed by atoms with Gasteiger partial charge in [-0.1, -0.05) is 52.8 Å². The van der Waals surface area contributed by atoms with Gasteiger partial charge in [0.05, 0.1) is 67.3 Å². The number of benzene rings is 4. The van der Waals surface area contributed by atoms with Crippen molar-refractivity contribution in [3.8, 4) is 11.5 Å². The summed E-state index contributed by atoms with van der Waals surface area (Å²) in [5, 5.41) is 7.94. The minimum Gasteiger partial charge on any atom is -0.484 e. The zero-order chi connectivity index (χ0) is 62.8. The molecule has 0 aromatic heterocycles. The van der Waals surface area contributed by atoms with Crippen molar-refractivity contribution in [2.45, 2.75) is 106 Å². The van der Waals surface area contributed by atoms with Crippen LogP contribution in [0.5, 0.6) is 11.5 Å². The van der Waals surface area contributed by atoms with Gasteiger partial charge in [0.1, 0.15) is 29.5 Å². The number of ether oxygens (including phenoxy) is 6. The number of amides is 2. The molecule has 2 aliphatic carbocycles. The van der Waals surface area contributed by atoms with Crippen molar-refractivity contribution < 1.29 is 54.8 Å². The first-order chi connectivity index (χ1) is 42.3. The van der Waals surface area contributed by atoms with Gasteiger partial charge in [0.25, 0.3) is 0 Å². The molecule has 486 valence electrons. The van der Waals surface area contributed by atoms with E-state index >= 15 is 0 Å². The molecule has 2 amide bonds. The molecule has 0 spiro atoms. The maximum atomic E-state index is 13.3. The van der Waals surface area contributed by atoms with Crippen LogP contribution in [0.4, 0.5) is 4.79 Å². The molecule has 0 radical (unpaired) electrons. The third-order valence-corrected chi connectivity index (χ3v) is 21.1. The fourth-order valence-corrected chi connectivity index (χ4v) is 15.3. The molecule has 2 aliphatic heterocycles. The number of unbranched alkanes of at least 4 members (excludes halogenated alkanes) is 2. The summed E-state index contributed by atoms with van der Waals surface area (Å²) in [5.41, 5.74) is 5.42. The van der Waals surface area contributed by atoms with E-state index in [1.54, 1.807) is 48.5 Å². The summed E-state index contributed by atoms with van der Waals surface area (Å²) in [6.45, 7) is 14.4. The highest BCUT2D eigenvalue weighted by atomic mass is 35.5. The largest absolute Gasteiger partial charge is 0.484 e. The number of likely N-dealkylation sites (N-methyl/N-ethyl adjacent to an activating group) is 2. The molecule has 2 fully saturated rings. The first-order valence-corrected chi connectivity index (χ1v) is 35.3. The fraction of sp³-hybridized carbons (Fsp3) is 0.587. The Morgan fingerprint density at radius 2 is 0.989 bits per heavy atom. The molecule has 8 rings (SSSR count). The van der Waals surface area contributed by atoms with Crippen LogP contribution in [0.15, 0.2) is 70.5 Å². The van der Waals surface area contributed by atoms with Crippen molar-refractivity contribution in [1.29, 1.82) is 0 Å². The first kappa shape index (κ1) is 70.0. The molecular formula is C63H87Cl4N7O12S2. The lowest BCUT2D eigenvalue weighted by molar-refractivity contribution is -0.119. The van der Waals surface area contributed by atoms with Crippen LogP contribution >= 0.6 is 46.4 Å². The van der Waals surface area contributed by atoms with E-state index in [0.29, 0.717) is 102 Å². The van der Waals surface area contributed by atoms with Gasteiger partial charge in [0.2, 0.25) is 10.0 Å². The number of sulfone groups is 1. The van der Waals surface area contributed by atoms with Crippen molar-refractivity contribution in [1.82, 2.24) is 35.0 Å². The number of nitrogens with one attached hydrogen (secondary N) is 3. The van der Waals surface area contributed by atoms with E-state index in [4.69, 9.17) is 74.8 Å². The number of nitrogens with zero attached hydrogens (tertiary/aromatic N) is 4. The van der Waals surface area contributed by atoms with Crippen molar-refractivity contribution in [3.05, 3.63) is 114 Å². The second-order valence-corrected chi connectivity index (χ2v) is 28.8. The topological polar surface area (TPSA) is 207 Å². The number of hydrogen-bond acceptors (Lipinski definition) is 16. The number of sulfonamides is 1. The summed E-state index contributed by atoms with van der Waals surface area (Å²) in [5.74, 6) is 1.31. The zero-order valence-electron chi connectivity index (χ0n) is 51.1. The molecular weight excluding hydrogens is 1250 g/mol. The van der Waals surface area contributed by atoms with Crippen LogP contribution in [0.1, 0.15) is 90.5 Å². The number of carbonyl (C=O) groups is 2. The molecule has 0 saturated carbocycles.